The van der Waals surface area contributed by atoms with Crippen molar-refractivity contribution in [2.75, 3.05) is 20.3 Å². The van der Waals surface area contributed by atoms with Crippen LogP contribution >= 0.6 is 11.3 Å². The van der Waals surface area contributed by atoms with Crippen molar-refractivity contribution in [2.45, 2.75) is 19.6 Å². The second-order valence-corrected chi connectivity index (χ2v) is 6.99. The molecule has 0 saturated carbocycles. The van der Waals surface area contributed by atoms with Gasteiger partial charge in [0.05, 0.1) is 13.7 Å². The first-order chi connectivity index (χ1) is 13.6. The lowest BCUT2D eigenvalue weighted by molar-refractivity contribution is -0.150. The van der Waals surface area contributed by atoms with E-state index in [9.17, 15) is 9.59 Å². The van der Waals surface area contributed by atoms with E-state index in [1.807, 2.05) is 17.5 Å². The molecule has 1 aliphatic heterocycles. The summed E-state index contributed by atoms with van der Waals surface area (Å²) >= 11 is 1.55. The molecule has 1 aromatic carbocycles. The van der Waals surface area contributed by atoms with Crippen molar-refractivity contribution in [2.24, 2.45) is 0 Å². The number of carbonyl (C=O) groups excluding carboxylic acids is 2. The van der Waals surface area contributed by atoms with Gasteiger partial charge in [-0.15, -0.1) is 11.3 Å². The Bertz CT molecular complexity index is 845. The van der Waals surface area contributed by atoms with Gasteiger partial charge in [0, 0.05) is 11.0 Å². The third-order valence-corrected chi connectivity index (χ3v) is 4.82. The van der Waals surface area contributed by atoms with Crippen molar-refractivity contribution in [3.8, 4) is 17.2 Å². The first-order valence-corrected chi connectivity index (χ1v) is 9.61. The highest BCUT2D eigenvalue weighted by molar-refractivity contribution is 7.09. The molecule has 148 valence electrons. The SMILES string of the molecule is COc1cc(/C=C/C(=O)O[C@@H](C)C(=O)NCc2cccs2)cc2c1OCCO2. The average Bonchev–Trinajstić information content (AvgIpc) is 3.23. The molecule has 1 amide bonds. The molecule has 1 N–H and O–H groups in total. The Morgan fingerprint density at radius 3 is 2.89 bits per heavy atom. The van der Waals surface area contributed by atoms with Crippen LogP contribution in [0.2, 0.25) is 0 Å². The van der Waals surface area contributed by atoms with E-state index < -0.39 is 12.1 Å². The van der Waals surface area contributed by atoms with Gasteiger partial charge in [-0.25, -0.2) is 4.79 Å². The zero-order valence-electron chi connectivity index (χ0n) is 15.6. The van der Waals surface area contributed by atoms with Crippen molar-refractivity contribution < 1.29 is 28.5 Å². The van der Waals surface area contributed by atoms with Crippen molar-refractivity contribution in [3.63, 3.8) is 0 Å². The molecule has 8 heteroatoms. The summed E-state index contributed by atoms with van der Waals surface area (Å²) in [5, 5.41) is 4.67. The fraction of sp³-hybridized carbons (Fsp3) is 0.300. The number of methoxy groups -OCH3 is 1. The third-order valence-electron chi connectivity index (χ3n) is 3.94. The largest absolute Gasteiger partial charge is 0.493 e. The topological polar surface area (TPSA) is 83.1 Å². The molecule has 1 aliphatic rings. The zero-order chi connectivity index (χ0) is 19.9. The predicted molar refractivity (Wildman–Crippen MR) is 105 cm³/mol. The van der Waals surface area contributed by atoms with Crippen LogP contribution < -0.4 is 19.5 Å². The number of hydrogen-bond donors (Lipinski definition) is 1. The maximum atomic E-state index is 12.0. The first kappa shape index (κ1) is 19.8. The maximum absolute atomic E-state index is 12.0. The standard InChI is InChI=1S/C20H21NO6S/c1-13(20(23)21-12-15-4-3-9-28-15)27-18(22)6-5-14-10-16(24-2)19-17(11-14)25-7-8-26-19/h3-6,9-11,13H,7-8,12H2,1-2H3,(H,21,23)/b6-5+/t13-/m0/s1. The minimum atomic E-state index is -0.896. The van der Waals surface area contributed by atoms with Gasteiger partial charge in [-0.05, 0) is 42.1 Å². The van der Waals surface area contributed by atoms with E-state index in [0.717, 1.165) is 4.88 Å². The minimum Gasteiger partial charge on any atom is -0.493 e. The molecule has 7 nitrogen and oxygen atoms in total. The number of rotatable bonds is 7. The molecule has 2 heterocycles. The molecule has 0 fully saturated rings. The van der Waals surface area contributed by atoms with E-state index in [2.05, 4.69) is 5.32 Å². The summed E-state index contributed by atoms with van der Waals surface area (Å²) in [6.07, 6.45) is 1.93. The lowest BCUT2D eigenvalue weighted by atomic mass is 10.1. The van der Waals surface area contributed by atoms with Crippen molar-refractivity contribution in [3.05, 3.63) is 46.2 Å². The highest BCUT2D eigenvalue weighted by atomic mass is 32.1. The molecule has 28 heavy (non-hydrogen) atoms. The molecular weight excluding hydrogens is 382 g/mol. The number of esters is 1. The summed E-state index contributed by atoms with van der Waals surface area (Å²) in [6.45, 7) is 2.84. The number of nitrogens with one attached hydrogen (secondary N) is 1. The average molecular weight is 403 g/mol. The number of benzene rings is 1. The quantitative estimate of drug-likeness (QED) is 0.565. The Kier molecular flexibility index (Phi) is 6.54. The van der Waals surface area contributed by atoms with Crippen LogP contribution in [0.4, 0.5) is 0 Å². The molecule has 1 aromatic heterocycles. The fourth-order valence-electron chi connectivity index (χ4n) is 2.55. The van der Waals surface area contributed by atoms with Gasteiger partial charge < -0.3 is 24.3 Å². The second kappa shape index (κ2) is 9.27. The molecule has 3 rings (SSSR count). The van der Waals surface area contributed by atoms with E-state index in [1.54, 1.807) is 29.5 Å². The Hall–Kier alpha value is -3.00. The lowest BCUT2D eigenvalue weighted by Gasteiger charge is -2.20. The van der Waals surface area contributed by atoms with E-state index in [-0.39, 0.29) is 5.91 Å². The Labute approximate surface area is 166 Å². The highest BCUT2D eigenvalue weighted by Gasteiger charge is 2.19. The van der Waals surface area contributed by atoms with Gasteiger partial charge in [0.25, 0.3) is 5.91 Å². The number of hydrogen-bond acceptors (Lipinski definition) is 7. The number of ether oxygens (including phenoxy) is 4. The third kappa shape index (κ3) is 5.04. The normalized spacial score (nSPS) is 13.8. The summed E-state index contributed by atoms with van der Waals surface area (Å²) in [5.74, 6) is 0.653. The van der Waals surface area contributed by atoms with Gasteiger partial charge in [0.1, 0.15) is 13.2 Å². The van der Waals surface area contributed by atoms with Crippen LogP contribution in [0.15, 0.2) is 35.7 Å². The molecule has 2 aromatic rings. The number of carbonyl (C=O) groups is 2. The monoisotopic (exact) mass is 403 g/mol. The Balaban J connectivity index is 1.56. The summed E-state index contributed by atoms with van der Waals surface area (Å²) in [6, 6.07) is 7.31. The fourth-order valence-corrected chi connectivity index (χ4v) is 3.20. The van der Waals surface area contributed by atoms with Gasteiger partial charge in [-0.2, -0.15) is 0 Å². The molecule has 0 aliphatic carbocycles. The number of fused-ring (bicyclic) bond motifs is 1. The number of amides is 1. The summed E-state index contributed by atoms with van der Waals surface area (Å²) in [5.41, 5.74) is 0.688. The van der Waals surface area contributed by atoms with Gasteiger partial charge >= 0.3 is 5.97 Å². The van der Waals surface area contributed by atoms with Crippen molar-refractivity contribution in [1.29, 1.82) is 0 Å². The molecule has 0 bridgehead atoms. The summed E-state index contributed by atoms with van der Waals surface area (Å²) < 4.78 is 21.6. The molecule has 0 saturated heterocycles. The van der Waals surface area contributed by atoms with Crippen LogP contribution in [0.5, 0.6) is 17.2 Å². The van der Waals surface area contributed by atoms with Crippen molar-refractivity contribution in [1.82, 2.24) is 5.32 Å². The lowest BCUT2D eigenvalue weighted by Crippen LogP contribution is -2.34. The van der Waals surface area contributed by atoms with Gasteiger partial charge in [0.15, 0.2) is 17.6 Å². The molecular formula is C20H21NO6S. The van der Waals surface area contributed by atoms with E-state index in [0.29, 0.717) is 42.6 Å². The van der Waals surface area contributed by atoms with Crippen LogP contribution in [-0.4, -0.2) is 38.3 Å². The molecule has 0 radical (unpaired) electrons. The molecule has 1 atom stereocenters. The maximum Gasteiger partial charge on any atom is 0.331 e. The Morgan fingerprint density at radius 1 is 1.32 bits per heavy atom. The zero-order valence-corrected chi connectivity index (χ0v) is 16.4. The van der Waals surface area contributed by atoms with Crippen LogP contribution in [0.1, 0.15) is 17.4 Å². The Morgan fingerprint density at radius 2 is 2.14 bits per heavy atom. The molecule has 0 spiro atoms. The van der Waals surface area contributed by atoms with Gasteiger partial charge in [-0.1, -0.05) is 6.07 Å². The number of thiophene rings is 1. The van der Waals surface area contributed by atoms with Gasteiger partial charge in [0.2, 0.25) is 5.75 Å². The highest BCUT2D eigenvalue weighted by Crippen LogP contribution is 2.40. The summed E-state index contributed by atoms with van der Waals surface area (Å²) in [4.78, 5) is 25.1. The minimum absolute atomic E-state index is 0.351. The van der Waals surface area contributed by atoms with Gasteiger partial charge in [-0.3, -0.25) is 4.79 Å². The van der Waals surface area contributed by atoms with E-state index in [4.69, 9.17) is 18.9 Å². The van der Waals surface area contributed by atoms with Crippen LogP contribution in [0, 0.1) is 0 Å². The first-order valence-electron chi connectivity index (χ1n) is 8.73. The van der Waals surface area contributed by atoms with E-state index in [1.165, 1.54) is 20.1 Å². The summed E-state index contributed by atoms with van der Waals surface area (Å²) in [7, 11) is 1.53. The van der Waals surface area contributed by atoms with Crippen LogP contribution in [0.25, 0.3) is 6.08 Å². The second-order valence-electron chi connectivity index (χ2n) is 5.96. The predicted octanol–water partition coefficient (Wildman–Crippen LogP) is 2.79. The van der Waals surface area contributed by atoms with Crippen LogP contribution in [0.3, 0.4) is 0 Å². The smallest absolute Gasteiger partial charge is 0.331 e. The van der Waals surface area contributed by atoms with Crippen LogP contribution in [-0.2, 0) is 20.9 Å². The molecule has 0 unspecified atom stereocenters. The van der Waals surface area contributed by atoms with Crippen molar-refractivity contribution >= 4 is 29.3 Å². The van der Waals surface area contributed by atoms with E-state index >= 15 is 0 Å².